The summed E-state index contributed by atoms with van der Waals surface area (Å²) < 4.78 is 10.8. The third-order valence-electron chi connectivity index (χ3n) is 6.89. The SMILES string of the molecule is COc1ccc(C2=NN(C3CCN(CC(=O)N4CCN(C)CC4)CC3)C(=O)CC2)cc1OC.Cl.Cl. The molecular weight excluding hydrogens is 493 g/mol. The van der Waals surface area contributed by atoms with Gasteiger partial charge in [0.2, 0.25) is 11.8 Å². The van der Waals surface area contributed by atoms with Crippen LogP contribution in [0.2, 0.25) is 0 Å². The predicted octanol–water partition coefficient (Wildman–Crippen LogP) is 2.11. The molecule has 0 spiro atoms. The van der Waals surface area contributed by atoms with E-state index in [-0.39, 0.29) is 42.7 Å². The summed E-state index contributed by atoms with van der Waals surface area (Å²) in [6, 6.07) is 5.81. The van der Waals surface area contributed by atoms with Crippen molar-refractivity contribution in [1.29, 1.82) is 0 Å². The Balaban J connectivity index is 0.00000216. The molecule has 1 aromatic rings. The summed E-state index contributed by atoms with van der Waals surface area (Å²) in [6.07, 6.45) is 2.72. The molecule has 9 nitrogen and oxygen atoms in total. The molecule has 196 valence electrons. The number of piperazine rings is 1. The van der Waals surface area contributed by atoms with E-state index in [0.29, 0.717) is 30.9 Å². The van der Waals surface area contributed by atoms with Crippen LogP contribution in [0.25, 0.3) is 0 Å². The highest BCUT2D eigenvalue weighted by atomic mass is 35.5. The molecule has 0 bridgehead atoms. The topological polar surface area (TPSA) is 77.9 Å². The minimum absolute atomic E-state index is 0. The van der Waals surface area contributed by atoms with Gasteiger partial charge in [-0.3, -0.25) is 14.5 Å². The molecule has 3 aliphatic rings. The first-order valence-electron chi connectivity index (χ1n) is 11.8. The maximum atomic E-state index is 12.7. The van der Waals surface area contributed by atoms with Crippen molar-refractivity contribution >= 4 is 42.3 Å². The monoisotopic (exact) mass is 529 g/mol. The number of likely N-dealkylation sites (tertiary alicyclic amines) is 1. The average Bonchev–Trinajstić information content (AvgIpc) is 2.85. The van der Waals surface area contributed by atoms with E-state index in [1.165, 1.54) is 0 Å². The normalized spacial score (nSPS) is 20.0. The highest BCUT2D eigenvalue weighted by Crippen LogP contribution is 2.30. The van der Waals surface area contributed by atoms with Gasteiger partial charge in [-0.15, -0.1) is 24.8 Å². The van der Waals surface area contributed by atoms with Gasteiger partial charge in [-0.1, -0.05) is 0 Å². The summed E-state index contributed by atoms with van der Waals surface area (Å²) >= 11 is 0. The highest BCUT2D eigenvalue weighted by molar-refractivity contribution is 6.04. The fourth-order valence-electron chi connectivity index (χ4n) is 4.75. The second-order valence-electron chi connectivity index (χ2n) is 9.05. The van der Waals surface area contributed by atoms with Crippen molar-refractivity contribution < 1.29 is 19.1 Å². The lowest BCUT2D eigenvalue weighted by atomic mass is 10.0. The van der Waals surface area contributed by atoms with Crippen LogP contribution in [0.15, 0.2) is 23.3 Å². The van der Waals surface area contributed by atoms with Crippen molar-refractivity contribution in [2.75, 3.05) is 67.1 Å². The Morgan fingerprint density at radius 2 is 1.63 bits per heavy atom. The number of ether oxygens (including phenoxy) is 2. The number of amides is 2. The minimum atomic E-state index is 0. The quantitative estimate of drug-likeness (QED) is 0.561. The molecule has 0 aliphatic carbocycles. The van der Waals surface area contributed by atoms with Gasteiger partial charge >= 0.3 is 0 Å². The number of methoxy groups -OCH3 is 2. The van der Waals surface area contributed by atoms with Crippen LogP contribution in [0.1, 0.15) is 31.2 Å². The first-order chi connectivity index (χ1) is 16.0. The molecule has 0 atom stereocenters. The van der Waals surface area contributed by atoms with Crippen molar-refractivity contribution in [2.24, 2.45) is 5.10 Å². The summed E-state index contributed by atoms with van der Waals surface area (Å²) in [7, 11) is 5.32. The fourth-order valence-corrected chi connectivity index (χ4v) is 4.75. The van der Waals surface area contributed by atoms with Crippen molar-refractivity contribution in [3.8, 4) is 11.5 Å². The van der Waals surface area contributed by atoms with Crippen molar-refractivity contribution in [3.05, 3.63) is 23.8 Å². The van der Waals surface area contributed by atoms with Crippen LogP contribution >= 0.6 is 24.8 Å². The zero-order valence-electron chi connectivity index (χ0n) is 20.8. The Bertz CT molecular complexity index is 900. The van der Waals surface area contributed by atoms with Gasteiger partial charge in [0, 0.05) is 57.7 Å². The molecule has 2 amide bonds. The standard InChI is InChI=1S/C24H35N5O4.2ClH/c1-26-12-14-28(15-13-26)24(31)17-27-10-8-19(9-11-27)29-23(30)7-5-20(25-29)18-4-6-21(32-2)22(16-18)33-3;;/h4,6,16,19H,5,7-15,17H2,1-3H3;2*1H. The van der Waals surface area contributed by atoms with Crippen molar-refractivity contribution in [1.82, 2.24) is 19.7 Å². The fraction of sp³-hybridized carbons (Fsp3) is 0.625. The number of hydrogen-bond donors (Lipinski definition) is 0. The first-order valence-corrected chi connectivity index (χ1v) is 11.8. The van der Waals surface area contributed by atoms with E-state index >= 15 is 0 Å². The number of hydrazone groups is 1. The smallest absolute Gasteiger partial charge is 0.243 e. The summed E-state index contributed by atoms with van der Waals surface area (Å²) in [4.78, 5) is 31.8. The number of benzene rings is 1. The van der Waals surface area contributed by atoms with E-state index in [0.717, 1.165) is 63.4 Å². The second-order valence-corrected chi connectivity index (χ2v) is 9.05. The maximum Gasteiger partial charge on any atom is 0.243 e. The van der Waals surface area contributed by atoms with Gasteiger partial charge in [-0.25, -0.2) is 5.01 Å². The Kier molecular flexibility index (Phi) is 11.1. The Morgan fingerprint density at radius 3 is 2.26 bits per heavy atom. The summed E-state index contributed by atoms with van der Waals surface area (Å²) in [5, 5.41) is 6.45. The van der Waals surface area contributed by atoms with Crippen molar-refractivity contribution in [3.63, 3.8) is 0 Å². The lowest BCUT2D eigenvalue weighted by Gasteiger charge is -2.38. The van der Waals surface area contributed by atoms with E-state index in [2.05, 4.69) is 16.8 Å². The van der Waals surface area contributed by atoms with Crippen LogP contribution in [-0.2, 0) is 9.59 Å². The zero-order chi connectivity index (χ0) is 23.4. The van der Waals surface area contributed by atoms with Gasteiger partial charge in [0.05, 0.1) is 32.5 Å². The van der Waals surface area contributed by atoms with E-state index < -0.39 is 0 Å². The molecule has 2 fully saturated rings. The Labute approximate surface area is 220 Å². The van der Waals surface area contributed by atoms with Crippen LogP contribution < -0.4 is 9.47 Å². The molecule has 3 aliphatic heterocycles. The van der Waals surface area contributed by atoms with Gasteiger partial charge < -0.3 is 19.3 Å². The number of piperidine rings is 1. The number of nitrogens with zero attached hydrogens (tertiary/aromatic N) is 5. The largest absolute Gasteiger partial charge is 0.493 e. The van der Waals surface area contributed by atoms with Crippen LogP contribution in [0.5, 0.6) is 11.5 Å². The minimum Gasteiger partial charge on any atom is -0.493 e. The number of likely N-dealkylation sites (N-methyl/N-ethyl adjacent to an activating group) is 1. The zero-order valence-corrected chi connectivity index (χ0v) is 22.4. The number of carbonyl (C=O) groups excluding carboxylic acids is 2. The van der Waals surface area contributed by atoms with E-state index in [9.17, 15) is 9.59 Å². The maximum absolute atomic E-state index is 12.7. The number of rotatable bonds is 6. The van der Waals surface area contributed by atoms with Crippen LogP contribution in [-0.4, -0.2) is 110 Å². The van der Waals surface area contributed by atoms with Gasteiger partial charge in [-0.2, -0.15) is 5.10 Å². The lowest BCUT2D eigenvalue weighted by molar-refractivity contribution is -0.137. The van der Waals surface area contributed by atoms with E-state index in [1.807, 2.05) is 23.1 Å². The van der Waals surface area contributed by atoms with Gasteiger partial charge in [0.15, 0.2) is 11.5 Å². The van der Waals surface area contributed by atoms with Crippen LogP contribution in [0.3, 0.4) is 0 Å². The molecule has 0 saturated carbocycles. The van der Waals surface area contributed by atoms with Crippen LogP contribution in [0.4, 0.5) is 0 Å². The summed E-state index contributed by atoms with van der Waals surface area (Å²) in [5.74, 6) is 1.61. The number of hydrogen-bond acceptors (Lipinski definition) is 7. The molecular formula is C24H37Cl2N5O4. The highest BCUT2D eigenvalue weighted by Gasteiger charge is 2.32. The number of halogens is 2. The third kappa shape index (κ3) is 7.00. The molecule has 0 unspecified atom stereocenters. The Morgan fingerprint density at radius 1 is 0.971 bits per heavy atom. The lowest BCUT2D eigenvalue weighted by Crippen LogP contribution is -2.52. The summed E-state index contributed by atoms with van der Waals surface area (Å²) in [6.45, 7) is 5.55. The molecule has 0 N–H and O–H groups in total. The average molecular weight is 530 g/mol. The van der Waals surface area contributed by atoms with E-state index in [4.69, 9.17) is 14.6 Å². The molecule has 3 heterocycles. The van der Waals surface area contributed by atoms with Gasteiger partial charge in [0.1, 0.15) is 0 Å². The molecule has 2 saturated heterocycles. The van der Waals surface area contributed by atoms with E-state index in [1.54, 1.807) is 19.2 Å². The number of carbonyl (C=O) groups is 2. The second kappa shape index (κ2) is 13.3. The Hall–Kier alpha value is -2.07. The predicted molar refractivity (Wildman–Crippen MR) is 140 cm³/mol. The molecule has 1 aromatic carbocycles. The summed E-state index contributed by atoms with van der Waals surface area (Å²) in [5.41, 5.74) is 1.84. The third-order valence-corrected chi connectivity index (χ3v) is 6.89. The van der Waals surface area contributed by atoms with Crippen LogP contribution in [0, 0.1) is 0 Å². The molecule has 0 radical (unpaired) electrons. The van der Waals surface area contributed by atoms with Gasteiger partial charge in [-0.05, 0) is 38.1 Å². The molecule has 11 heteroatoms. The molecule has 4 rings (SSSR count). The first kappa shape index (κ1) is 29.2. The molecule has 0 aromatic heterocycles. The molecule has 35 heavy (non-hydrogen) atoms. The van der Waals surface area contributed by atoms with Gasteiger partial charge in [0.25, 0.3) is 0 Å². The van der Waals surface area contributed by atoms with Crippen molar-refractivity contribution in [2.45, 2.75) is 31.7 Å².